The van der Waals surface area contributed by atoms with Crippen LogP contribution in [-0.4, -0.2) is 23.5 Å². The summed E-state index contributed by atoms with van der Waals surface area (Å²) in [4.78, 5) is 28.3. The van der Waals surface area contributed by atoms with Crippen LogP contribution in [0.1, 0.15) is 41.8 Å². The fourth-order valence-corrected chi connectivity index (χ4v) is 2.98. The van der Waals surface area contributed by atoms with E-state index in [1.54, 1.807) is 38.2 Å². The van der Waals surface area contributed by atoms with Crippen molar-refractivity contribution in [2.24, 2.45) is 5.73 Å². The van der Waals surface area contributed by atoms with E-state index < -0.39 is 11.9 Å². The highest BCUT2D eigenvalue weighted by atomic mass is 19.1. The molecule has 2 aromatic carbocycles. The number of primary amides is 1. The molecule has 1 aromatic heterocycles. The lowest BCUT2D eigenvalue weighted by molar-refractivity contribution is -0.134. The van der Waals surface area contributed by atoms with Crippen LogP contribution in [0.15, 0.2) is 42.6 Å². The molecule has 0 fully saturated rings. The van der Waals surface area contributed by atoms with Gasteiger partial charge in [0, 0.05) is 18.0 Å². The number of nitrogens with zero attached hydrogens (tertiary/aromatic N) is 1. The van der Waals surface area contributed by atoms with E-state index in [-0.39, 0.29) is 29.3 Å². The first-order valence-electron chi connectivity index (χ1n) is 9.26. The predicted octanol–water partition coefficient (Wildman–Crippen LogP) is 3.78. The maximum atomic E-state index is 13.1. The molecule has 0 bridgehead atoms. The van der Waals surface area contributed by atoms with Crippen LogP contribution >= 0.6 is 0 Å². The molecular weight excluding hydrogens is 375 g/mol. The van der Waals surface area contributed by atoms with E-state index in [2.05, 4.69) is 4.98 Å². The molecule has 1 amide bonds. The molecule has 6 nitrogen and oxygen atoms in total. The van der Waals surface area contributed by atoms with Gasteiger partial charge in [-0.15, -0.1) is 0 Å². The fourth-order valence-electron chi connectivity index (χ4n) is 2.98. The number of amides is 1. The minimum absolute atomic E-state index is 0.110. The quantitative estimate of drug-likeness (QED) is 0.485. The Morgan fingerprint density at radius 2 is 1.83 bits per heavy atom. The third kappa shape index (κ3) is 4.51. The molecule has 0 unspecified atom stereocenters. The molecule has 3 aromatic rings. The molecule has 0 atom stereocenters. The van der Waals surface area contributed by atoms with Crippen molar-refractivity contribution in [3.63, 3.8) is 0 Å². The molecule has 0 saturated heterocycles. The first-order chi connectivity index (χ1) is 13.9. The number of carbonyl (C=O) groups is 2. The van der Waals surface area contributed by atoms with E-state index >= 15 is 0 Å². The van der Waals surface area contributed by atoms with Gasteiger partial charge >= 0.3 is 5.97 Å². The summed E-state index contributed by atoms with van der Waals surface area (Å²) in [6, 6.07) is 9.35. The number of rotatable bonds is 7. The topological polar surface area (TPSA) is 91.5 Å². The number of hydrogen-bond acceptors (Lipinski definition) is 5. The molecule has 2 N–H and O–H groups in total. The number of fused-ring (bicyclic) bond motifs is 1. The Hall–Kier alpha value is -3.48. The fraction of sp³-hybridized carbons (Fsp3) is 0.227. The molecule has 0 aliphatic carbocycles. The summed E-state index contributed by atoms with van der Waals surface area (Å²) in [5.41, 5.74) is 7.83. The summed E-state index contributed by atoms with van der Waals surface area (Å²) < 4.78 is 24.1. The first-order valence-corrected chi connectivity index (χ1v) is 9.26. The molecule has 150 valence electrons. The van der Waals surface area contributed by atoms with Crippen molar-refractivity contribution < 1.29 is 23.5 Å². The van der Waals surface area contributed by atoms with Gasteiger partial charge in [0.1, 0.15) is 11.3 Å². The lowest BCUT2D eigenvalue weighted by atomic mass is 10.0. The summed E-state index contributed by atoms with van der Waals surface area (Å²) in [6.07, 6.45) is 2.31. The van der Waals surface area contributed by atoms with E-state index in [0.29, 0.717) is 23.9 Å². The van der Waals surface area contributed by atoms with Crippen LogP contribution in [0.2, 0.25) is 0 Å². The Kier molecular flexibility index (Phi) is 6.07. The Labute approximate surface area is 167 Å². The number of hydrogen-bond donors (Lipinski definition) is 1. The smallest absolute Gasteiger partial charge is 0.311 e. The molecule has 0 spiro atoms. The average Bonchev–Trinajstić information content (AvgIpc) is 2.71. The third-order valence-corrected chi connectivity index (χ3v) is 4.34. The zero-order valence-electron chi connectivity index (χ0n) is 16.2. The summed E-state index contributed by atoms with van der Waals surface area (Å²) >= 11 is 0. The van der Waals surface area contributed by atoms with Gasteiger partial charge in [0.15, 0.2) is 11.5 Å². The van der Waals surface area contributed by atoms with Gasteiger partial charge in [-0.05, 0) is 48.7 Å². The molecule has 0 aliphatic heterocycles. The Morgan fingerprint density at radius 3 is 2.45 bits per heavy atom. The van der Waals surface area contributed by atoms with Gasteiger partial charge in [0.2, 0.25) is 5.91 Å². The number of aromatic nitrogens is 1. The average molecular weight is 396 g/mol. The first kappa shape index (κ1) is 20.3. The SMILES string of the molecule is CCOc1c(OC(=O)CC)cc(C(N)=O)c2cc(Cc3ccc(F)cc3)cnc12. The second-order valence-corrected chi connectivity index (χ2v) is 6.42. The van der Waals surface area contributed by atoms with E-state index in [9.17, 15) is 14.0 Å². The maximum absolute atomic E-state index is 13.1. The number of esters is 1. The minimum atomic E-state index is -0.674. The second-order valence-electron chi connectivity index (χ2n) is 6.42. The number of halogens is 1. The van der Waals surface area contributed by atoms with Crippen molar-refractivity contribution in [3.05, 3.63) is 65.1 Å². The number of ether oxygens (including phenoxy) is 2. The van der Waals surface area contributed by atoms with E-state index in [1.807, 2.05) is 0 Å². The van der Waals surface area contributed by atoms with Crippen molar-refractivity contribution in [1.82, 2.24) is 4.98 Å². The van der Waals surface area contributed by atoms with Gasteiger partial charge in [-0.2, -0.15) is 0 Å². The highest BCUT2D eigenvalue weighted by Gasteiger charge is 2.20. The minimum Gasteiger partial charge on any atom is -0.488 e. The van der Waals surface area contributed by atoms with Gasteiger partial charge in [-0.3, -0.25) is 14.6 Å². The zero-order valence-corrected chi connectivity index (χ0v) is 16.2. The van der Waals surface area contributed by atoms with Gasteiger partial charge < -0.3 is 15.2 Å². The van der Waals surface area contributed by atoms with Crippen molar-refractivity contribution >= 4 is 22.8 Å². The van der Waals surface area contributed by atoms with Crippen molar-refractivity contribution in [2.75, 3.05) is 6.61 Å². The molecule has 29 heavy (non-hydrogen) atoms. The highest BCUT2D eigenvalue weighted by molar-refractivity contribution is 6.08. The van der Waals surface area contributed by atoms with E-state index in [4.69, 9.17) is 15.2 Å². The zero-order chi connectivity index (χ0) is 21.0. The van der Waals surface area contributed by atoms with Crippen LogP contribution in [0, 0.1) is 5.82 Å². The largest absolute Gasteiger partial charge is 0.488 e. The Balaban J connectivity index is 2.13. The van der Waals surface area contributed by atoms with Crippen LogP contribution in [0.4, 0.5) is 4.39 Å². The Morgan fingerprint density at radius 1 is 1.10 bits per heavy atom. The van der Waals surface area contributed by atoms with Crippen molar-refractivity contribution in [2.45, 2.75) is 26.7 Å². The molecule has 1 heterocycles. The summed E-state index contributed by atoms with van der Waals surface area (Å²) in [6.45, 7) is 3.78. The summed E-state index contributed by atoms with van der Waals surface area (Å²) in [7, 11) is 0. The second kappa shape index (κ2) is 8.68. The van der Waals surface area contributed by atoms with E-state index in [1.165, 1.54) is 18.2 Å². The van der Waals surface area contributed by atoms with Gasteiger partial charge in [0.05, 0.1) is 12.2 Å². The van der Waals surface area contributed by atoms with Crippen molar-refractivity contribution in [1.29, 1.82) is 0 Å². The van der Waals surface area contributed by atoms with Gasteiger partial charge in [-0.1, -0.05) is 19.1 Å². The normalized spacial score (nSPS) is 10.7. The van der Waals surface area contributed by atoms with Crippen LogP contribution < -0.4 is 15.2 Å². The third-order valence-electron chi connectivity index (χ3n) is 4.34. The van der Waals surface area contributed by atoms with Crippen LogP contribution in [0.25, 0.3) is 10.9 Å². The lowest BCUT2D eigenvalue weighted by Crippen LogP contribution is -2.14. The standard InChI is InChI=1S/C22H21FN2O4/c1-3-19(26)29-18-11-17(22(24)27)16-10-14(9-13-5-7-15(23)8-6-13)12-25-20(16)21(18)28-4-2/h5-8,10-12H,3-4,9H2,1-2H3,(H2,24,27). The molecule has 7 heteroatoms. The predicted molar refractivity (Wildman–Crippen MR) is 107 cm³/mol. The lowest BCUT2D eigenvalue weighted by Gasteiger charge is -2.15. The molecule has 0 aliphatic rings. The summed E-state index contributed by atoms with van der Waals surface area (Å²) in [5.74, 6) is -1.06. The maximum Gasteiger partial charge on any atom is 0.311 e. The number of benzene rings is 2. The summed E-state index contributed by atoms with van der Waals surface area (Å²) in [5, 5.41) is 0.497. The monoisotopic (exact) mass is 396 g/mol. The van der Waals surface area contributed by atoms with Crippen LogP contribution in [-0.2, 0) is 11.2 Å². The Bertz CT molecular complexity index is 1060. The molecule has 3 rings (SSSR count). The highest BCUT2D eigenvalue weighted by Crippen LogP contribution is 2.38. The molecule has 0 radical (unpaired) electrons. The molecular formula is C22H21FN2O4. The number of pyridine rings is 1. The molecule has 0 saturated carbocycles. The van der Waals surface area contributed by atoms with Crippen LogP contribution in [0.3, 0.4) is 0 Å². The van der Waals surface area contributed by atoms with Gasteiger partial charge in [0.25, 0.3) is 0 Å². The number of nitrogens with two attached hydrogens (primary N) is 1. The van der Waals surface area contributed by atoms with E-state index in [0.717, 1.165) is 11.1 Å². The number of carbonyl (C=O) groups excluding carboxylic acids is 2. The van der Waals surface area contributed by atoms with Gasteiger partial charge in [-0.25, -0.2) is 4.39 Å². The van der Waals surface area contributed by atoms with Crippen LogP contribution in [0.5, 0.6) is 11.5 Å². The van der Waals surface area contributed by atoms with Crippen molar-refractivity contribution in [3.8, 4) is 11.5 Å².